The zero-order valence-corrected chi connectivity index (χ0v) is 20.0. The number of thioether (sulfide) groups is 1. The van der Waals surface area contributed by atoms with E-state index >= 15 is 0 Å². The first kappa shape index (κ1) is 28.5. The summed E-state index contributed by atoms with van der Waals surface area (Å²) >= 11 is 1.70. The summed E-state index contributed by atoms with van der Waals surface area (Å²) in [6.07, 6.45) is 11.9. The highest BCUT2D eigenvalue weighted by Crippen LogP contribution is 2.13. The molecule has 1 aromatic rings. The first-order chi connectivity index (χ1) is 13.3. The van der Waals surface area contributed by atoms with Crippen molar-refractivity contribution in [3.63, 3.8) is 0 Å². The molecule has 0 atom stereocenters. The predicted octanol–water partition coefficient (Wildman–Crippen LogP) is 0.503. The summed E-state index contributed by atoms with van der Waals surface area (Å²) in [5.41, 5.74) is 1.05. The van der Waals surface area contributed by atoms with Crippen LogP contribution in [0.15, 0.2) is 24.3 Å². The number of hydrogen-bond donors (Lipinski definition) is 2. The molecule has 0 heterocycles. The highest BCUT2D eigenvalue weighted by atomic mass is 35.5. The molecule has 29 heavy (non-hydrogen) atoms. The Labute approximate surface area is 188 Å². The molecular formula is C22H39BClNO3S. The molecule has 0 aromatic heterocycles. The van der Waals surface area contributed by atoms with Gasteiger partial charge in [-0.1, -0.05) is 62.8 Å². The second-order valence-electron chi connectivity index (χ2n) is 8.67. The normalized spacial score (nSPS) is 11.2. The molecule has 0 spiro atoms. The predicted molar refractivity (Wildman–Crippen MR) is 122 cm³/mol. The van der Waals surface area contributed by atoms with Crippen LogP contribution in [-0.4, -0.2) is 66.6 Å². The van der Waals surface area contributed by atoms with Gasteiger partial charge in [-0.3, -0.25) is 4.79 Å². The monoisotopic (exact) mass is 443 g/mol. The molecule has 7 heteroatoms. The number of nitrogens with zero attached hydrogens (tertiary/aromatic N) is 1. The smallest absolute Gasteiger partial charge is 0.488 e. The summed E-state index contributed by atoms with van der Waals surface area (Å²) in [4.78, 5) is 12.1. The third-order valence-corrected chi connectivity index (χ3v) is 5.93. The third kappa shape index (κ3) is 15.0. The lowest BCUT2D eigenvalue weighted by Gasteiger charge is -2.23. The van der Waals surface area contributed by atoms with Crippen molar-refractivity contribution < 1.29 is 31.7 Å². The largest absolute Gasteiger partial charge is 1.00 e. The lowest BCUT2D eigenvalue weighted by Crippen LogP contribution is -3.00. The maximum atomic E-state index is 12.1. The van der Waals surface area contributed by atoms with Crippen LogP contribution in [-0.2, 0) is 0 Å². The summed E-state index contributed by atoms with van der Waals surface area (Å²) in [6.45, 7) is 1.28. The van der Waals surface area contributed by atoms with Gasteiger partial charge in [-0.25, -0.2) is 0 Å². The zero-order chi connectivity index (χ0) is 20.8. The van der Waals surface area contributed by atoms with Crippen molar-refractivity contribution in [1.29, 1.82) is 0 Å². The third-order valence-electron chi connectivity index (χ3n) is 4.88. The summed E-state index contributed by atoms with van der Waals surface area (Å²) in [5.74, 6) is 1.63. The Kier molecular flexibility index (Phi) is 15.9. The van der Waals surface area contributed by atoms with Crippen molar-refractivity contribution in [1.82, 2.24) is 0 Å². The van der Waals surface area contributed by atoms with Crippen molar-refractivity contribution in [2.24, 2.45) is 0 Å². The number of benzene rings is 1. The number of halogens is 1. The number of hydrogen-bond acceptors (Lipinski definition) is 4. The molecule has 1 rings (SSSR count). The van der Waals surface area contributed by atoms with Gasteiger partial charge in [0.1, 0.15) is 0 Å². The van der Waals surface area contributed by atoms with Crippen LogP contribution in [0, 0.1) is 0 Å². The zero-order valence-electron chi connectivity index (χ0n) is 18.4. The van der Waals surface area contributed by atoms with Crippen LogP contribution in [0.5, 0.6) is 0 Å². The number of ketones is 1. The number of quaternary nitrogens is 1. The summed E-state index contributed by atoms with van der Waals surface area (Å²) in [5, 5.41) is 18.1. The summed E-state index contributed by atoms with van der Waals surface area (Å²) in [6, 6.07) is 6.51. The fourth-order valence-corrected chi connectivity index (χ4v) is 4.02. The minimum absolute atomic E-state index is 0. The van der Waals surface area contributed by atoms with Crippen molar-refractivity contribution in [3.05, 3.63) is 29.8 Å². The van der Waals surface area contributed by atoms with Gasteiger partial charge in [0, 0.05) is 5.56 Å². The minimum Gasteiger partial charge on any atom is -1.00 e. The van der Waals surface area contributed by atoms with E-state index in [-0.39, 0.29) is 18.2 Å². The van der Waals surface area contributed by atoms with Crippen LogP contribution < -0.4 is 17.9 Å². The minimum atomic E-state index is -1.48. The van der Waals surface area contributed by atoms with Crippen LogP contribution in [0.3, 0.4) is 0 Å². The van der Waals surface area contributed by atoms with Gasteiger partial charge in [-0.15, -0.1) is 0 Å². The Morgan fingerprint density at radius 2 is 1.34 bits per heavy atom. The highest BCUT2D eigenvalue weighted by Gasteiger charge is 2.12. The number of carbonyl (C=O) groups is 1. The van der Waals surface area contributed by atoms with Gasteiger partial charge in [-0.2, -0.15) is 11.8 Å². The Hall–Kier alpha value is -0.525. The van der Waals surface area contributed by atoms with Crippen molar-refractivity contribution in [2.45, 2.75) is 57.8 Å². The van der Waals surface area contributed by atoms with E-state index in [0.29, 0.717) is 16.8 Å². The Morgan fingerprint density at radius 1 is 0.862 bits per heavy atom. The molecular weight excluding hydrogens is 405 g/mol. The molecule has 0 amide bonds. The van der Waals surface area contributed by atoms with E-state index in [9.17, 15) is 4.79 Å². The Morgan fingerprint density at radius 3 is 1.83 bits per heavy atom. The van der Waals surface area contributed by atoms with Crippen LogP contribution in [0.4, 0.5) is 0 Å². The summed E-state index contributed by atoms with van der Waals surface area (Å²) < 4.78 is 1.07. The molecule has 0 bridgehead atoms. The SMILES string of the molecule is C[N+](C)(C)CCCCCCCCCCCSCC(=O)c1ccc(B(O)O)cc1.[Cl-]. The Bertz CT molecular complexity index is 550. The van der Waals surface area contributed by atoms with E-state index in [0.717, 1.165) is 10.2 Å². The second kappa shape index (κ2) is 16.2. The van der Waals surface area contributed by atoms with Gasteiger partial charge >= 0.3 is 7.12 Å². The lowest BCUT2D eigenvalue weighted by molar-refractivity contribution is -0.870. The van der Waals surface area contributed by atoms with E-state index in [2.05, 4.69) is 21.1 Å². The van der Waals surface area contributed by atoms with Crippen molar-refractivity contribution in [2.75, 3.05) is 39.2 Å². The van der Waals surface area contributed by atoms with Crippen LogP contribution >= 0.6 is 11.8 Å². The van der Waals surface area contributed by atoms with E-state index in [1.54, 1.807) is 36.0 Å². The fourth-order valence-electron chi connectivity index (χ4n) is 3.12. The lowest BCUT2D eigenvalue weighted by atomic mass is 9.80. The molecule has 4 nitrogen and oxygen atoms in total. The first-order valence-electron chi connectivity index (χ1n) is 10.7. The number of Topliss-reactive ketones (excluding diaryl/α,β-unsaturated/α-hetero) is 1. The van der Waals surface area contributed by atoms with Gasteiger partial charge in [0.05, 0.1) is 33.4 Å². The van der Waals surface area contributed by atoms with E-state index in [1.807, 2.05) is 0 Å². The van der Waals surface area contributed by atoms with E-state index < -0.39 is 7.12 Å². The molecule has 0 aliphatic heterocycles. The Balaban J connectivity index is 0.00000784. The molecule has 2 N–H and O–H groups in total. The van der Waals surface area contributed by atoms with Crippen LogP contribution in [0.1, 0.15) is 68.1 Å². The van der Waals surface area contributed by atoms with Gasteiger partial charge in [0.2, 0.25) is 0 Å². The average molecular weight is 444 g/mol. The highest BCUT2D eigenvalue weighted by molar-refractivity contribution is 7.99. The molecule has 166 valence electrons. The maximum Gasteiger partial charge on any atom is 0.488 e. The second-order valence-corrected chi connectivity index (χ2v) is 9.77. The first-order valence-corrected chi connectivity index (χ1v) is 11.8. The number of carbonyl (C=O) groups excluding carboxylic acids is 1. The molecule has 0 aliphatic carbocycles. The van der Waals surface area contributed by atoms with Crippen LogP contribution in [0.2, 0.25) is 0 Å². The molecule has 0 saturated carbocycles. The van der Waals surface area contributed by atoms with Gasteiger partial charge in [0.15, 0.2) is 5.78 Å². The molecule has 0 unspecified atom stereocenters. The molecule has 1 aromatic carbocycles. The number of rotatable bonds is 16. The van der Waals surface area contributed by atoms with E-state index in [4.69, 9.17) is 10.0 Å². The molecule has 0 aliphatic rings. The molecule has 0 radical (unpaired) electrons. The average Bonchev–Trinajstić information content (AvgIpc) is 2.64. The van der Waals surface area contributed by atoms with Crippen molar-refractivity contribution >= 4 is 30.1 Å². The molecule has 0 saturated heterocycles. The number of unbranched alkanes of at least 4 members (excludes halogenated alkanes) is 8. The topological polar surface area (TPSA) is 57.5 Å². The van der Waals surface area contributed by atoms with Gasteiger partial charge in [-0.05, 0) is 30.5 Å². The van der Waals surface area contributed by atoms with Gasteiger partial charge < -0.3 is 26.9 Å². The molecule has 0 fully saturated rings. The standard InChI is InChI=1S/C22H39BNO3S.ClH/c1-24(2,3)17-11-9-7-5-4-6-8-10-12-18-28-19-22(25)20-13-15-21(16-14-20)23(26)27;/h13-16,26-27H,4-12,17-19H2,1-3H3;1H/q+1;/p-1. The maximum absolute atomic E-state index is 12.1. The summed E-state index contributed by atoms with van der Waals surface area (Å²) in [7, 11) is 5.30. The fraction of sp³-hybridized carbons (Fsp3) is 0.682. The van der Waals surface area contributed by atoms with Crippen LogP contribution in [0.25, 0.3) is 0 Å². The van der Waals surface area contributed by atoms with Gasteiger partial charge in [0.25, 0.3) is 0 Å². The van der Waals surface area contributed by atoms with Crippen molar-refractivity contribution in [3.8, 4) is 0 Å². The van der Waals surface area contributed by atoms with E-state index in [1.165, 1.54) is 64.3 Å². The quantitative estimate of drug-likeness (QED) is 0.169.